The number of hydrogen-bond donors (Lipinski definition) is 1. The minimum atomic E-state index is -3.36. The standard InChI is InChI=1S/C15H22F2N2O3S/c1-11(2)6-8-19(23(3,21)22)9-7-18-15(20)12-4-5-13(16)14(17)10-12/h4-5,10-11H,6-9H2,1-3H3,(H,18,20). The Morgan fingerprint density at radius 1 is 1.22 bits per heavy atom. The molecule has 8 heteroatoms. The summed E-state index contributed by atoms with van der Waals surface area (Å²) in [5.41, 5.74) is -0.0167. The van der Waals surface area contributed by atoms with Crippen LogP contribution in [0.4, 0.5) is 8.78 Å². The number of hydrogen-bond acceptors (Lipinski definition) is 3. The molecule has 0 heterocycles. The molecule has 0 aliphatic carbocycles. The lowest BCUT2D eigenvalue weighted by Crippen LogP contribution is -2.39. The third-order valence-corrected chi connectivity index (χ3v) is 4.56. The Hall–Kier alpha value is -1.54. The number of nitrogens with one attached hydrogen (secondary N) is 1. The zero-order valence-corrected chi connectivity index (χ0v) is 14.3. The minimum Gasteiger partial charge on any atom is -0.351 e. The molecule has 23 heavy (non-hydrogen) atoms. The molecule has 0 aromatic heterocycles. The fraction of sp³-hybridized carbons (Fsp3) is 0.533. The van der Waals surface area contributed by atoms with E-state index in [0.29, 0.717) is 18.9 Å². The van der Waals surface area contributed by atoms with Crippen molar-refractivity contribution < 1.29 is 22.0 Å². The van der Waals surface area contributed by atoms with Gasteiger partial charge in [-0.25, -0.2) is 21.5 Å². The lowest BCUT2D eigenvalue weighted by Gasteiger charge is -2.21. The van der Waals surface area contributed by atoms with E-state index in [2.05, 4.69) is 5.32 Å². The lowest BCUT2D eigenvalue weighted by molar-refractivity contribution is 0.0951. The van der Waals surface area contributed by atoms with Crippen molar-refractivity contribution in [2.75, 3.05) is 25.9 Å². The molecule has 1 N–H and O–H groups in total. The summed E-state index contributed by atoms with van der Waals surface area (Å²) in [6.07, 6.45) is 1.83. The van der Waals surface area contributed by atoms with Crippen molar-refractivity contribution >= 4 is 15.9 Å². The zero-order chi connectivity index (χ0) is 17.6. The van der Waals surface area contributed by atoms with Crippen LogP contribution < -0.4 is 5.32 Å². The Morgan fingerprint density at radius 2 is 1.87 bits per heavy atom. The van der Waals surface area contributed by atoms with E-state index in [4.69, 9.17) is 0 Å². The summed E-state index contributed by atoms with van der Waals surface area (Å²) in [5, 5.41) is 2.50. The van der Waals surface area contributed by atoms with Gasteiger partial charge in [0.05, 0.1) is 6.26 Å². The average Bonchev–Trinajstić information content (AvgIpc) is 2.43. The summed E-state index contributed by atoms with van der Waals surface area (Å²) in [7, 11) is -3.36. The Balaban J connectivity index is 2.58. The molecule has 1 aromatic carbocycles. The first-order valence-corrected chi connectivity index (χ1v) is 9.14. The number of benzene rings is 1. The molecule has 1 rings (SSSR count). The molecular weight excluding hydrogens is 326 g/mol. The van der Waals surface area contributed by atoms with Crippen molar-refractivity contribution in [1.82, 2.24) is 9.62 Å². The molecule has 130 valence electrons. The molecule has 5 nitrogen and oxygen atoms in total. The van der Waals surface area contributed by atoms with Crippen molar-refractivity contribution in [2.45, 2.75) is 20.3 Å². The van der Waals surface area contributed by atoms with Crippen LogP contribution in [0.3, 0.4) is 0 Å². The molecule has 0 fully saturated rings. The predicted molar refractivity (Wildman–Crippen MR) is 84.6 cm³/mol. The van der Waals surface area contributed by atoms with Gasteiger partial charge in [-0.1, -0.05) is 13.8 Å². The van der Waals surface area contributed by atoms with Gasteiger partial charge in [0, 0.05) is 25.2 Å². The Labute approximate surface area is 135 Å². The molecule has 0 unspecified atom stereocenters. The van der Waals surface area contributed by atoms with Crippen LogP contribution in [0.5, 0.6) is 0 Å². The summed E-state index contributed by atoms with van der Waals surface area (Å²) in [6.45, 7) is 4.57. The van der Waals surface area contributed by atoms with E-state index < -0.39 is 27.6 Å². The van der Waals surface area contributed by atoms with E-state index in [1.54, 1.807) is 0 Å². The third kappa shape index (κ3) is 6.62. The lowest BCUT2D eigenvalue weighted by atomic mass is 10.1. The van der Waals surface area contributed by atoms with Crippen molar-refractivity contribution in [3.8, 4) is 0 Å². The van der Waals surface area contributed by atoms with E-state index in [9.17, 15) is 22.0 Å². The second-order valence-corrected chi connectivity index (χ2v) is 7.71. The maximum atomic E-state index is 13.1. The van der Waals surface area contributed by atoms with Gasteiger partial charge in [0.25, 0.3) is 5.91 Å². The van der Waals surface area contributed by atoms with E-state index >= 15 is 0 Å². The van der Waals surface area contributed by atoms with Crippen LogP contribution >= 0.6 is 0 Å². The highest BCUT2D eigenvalue weighted by molar-refractivity contribution is 7.88. The van der Waals surface area contributed by atoms with E-state index in [1.165, 1.54) is 10.4 Å². The maximum absolute atomic E-state index is 13.1. The van der Waals surface area contributed by atoms with Crippen LogP contribution in [0.25, 0.3) is 0 Å². The van der Waals surface area contributed by atoms with Gasteiger partial charge >= 0.3 is 0 Å². The Bertz CT molecular complexity index is 648. The second-order valence-electron chi connectivity index (χ2n) is 5.73. The molecule has 0 aliphatic rings. The van der Waals surface area contributed by atoms with Gasteiger partial charge in [0.2, 0.25) is 10.0 Å². The number of carbonyl (C=O) groups is 1. The molecule has 1 amide bonds. The van der Waals surface area contributed by atoms with Gasteiger partial charge in [0.15, 0.2) is 11.6 Å². The maximum Gasteiger partial charge on any atom is 0.251 e. The molecule has 1 aromatic rings. The van der Waals surface area contributed by atoms with E-state index in [0.717, 1.165) is 18.4 Å². The van der Waals surface area contributed by atoms with Crippen molar-refractivity contribution in [3.63, 3.8) is 0 Å². The molecule has 0 saturated carbocycles. The quantitative estimate of drug-likeness (QED) is 0.781. The summed E-state index contributed by atoms with van der Waals surface area (Å²) in [5.74, 6) is -2.36. The number of carbonyl (C=O) groups excluding carboxylic acids is 1. The van der Waals surface area contributed by atoms with Gasteiger partial charge in [-0.15, -0.1) is 0 Å². The van der Waals surface area contributed by atoms with Crippen LogP contribution in [-0.4, -0.2) is 44.5 Å². The summed E-state index contributed by atoms with van der Waals surface area (Å²) in [6, 6.07) is 2.84. The largest absolute Gasteiger partial charge is 0.351 e. The topological polar surface area (TPSA) is 66.5 Å². The number of halogens is 2. The molecule has 0 atom stereocenters. The Kier molecular flexibility index (Phi) is 7.08. The minimum absolute atomic E-state index is 0.0167. The molecule has 0 radical (unpaired) electrons. The van der Waals surface area contributed by atoms with Crippen molar-refractivity contribution in [3.05, 3.63) is 35.4 Å². The first kappa shape index (κ1) is 19.5. The van der Waals surface area contributed by atoms with Crippen LogP contribution in [0.2, 0.25) is 0 Å². The van der Waals surface area contributed by atoms with Gasteiger partial charge in [0.1, 0.15) is 0 Å². The van der Waals surface area contributed by atoms with E-state index in [-0.39, 0.29) is 18.7 Å². The molecule has 0 aliphatic heterocycles. The highest BCUT2D eigenvalue weighted by Gasteiger charge is 2.17. The van der Waals surface area contributed by atoms with Gasteiger partial charge in [-0.2, -0.15) is 0 Å². The van der Waals surface area contributed by atoms with Crippen molar-refractivity contribution in [1.29, 1.82) is 0 Å². The number of amides is 1. The van der Waals surface area contributed by atoms with E-state index in [1.807, 2.05) is 13.8 Å². The van der Waals surface area contributed by atoms with Gasteiger partial charge in [-0.3, -0.25) is 4.79 Å². The van der Waals surface area contributed by atoms with Crippen LogP contribution in [0, 0.1) is 17.6 Å². The summed E-state index contributed by atoms with van der Waals surface area (Å²) >= 11 is 0. The SMILES string of the molecule is CC(C)CCN(CCNC(=O)c1ccc(F)c(F)c1)S(C)(=O)=O. The highest BCUT2D eigenvalue weighted by atomic mass is 32.2. The fourth-order valence-corrected chi connectivity index (χ4v) is 2.74. The number of rotatable bonds is 8. The van der Waals surface area contributed by atoms with Crippen LogP contribution in [0.15, 0.2) is 18.2 Å². The monoisotopic (exact) mass is 348 g/mol. The van der Waals surface area contributed by atoms with Crippen LogP contribution in [-0.2, 0) is 10.0 Å². The van der Waals surface area contributed by atoms with Gasteiger partial charge in [-0.05, 0) is 30.5 Å². The summed E-state index contributed by atoms with van der Waals surface area (Å²) in [4.78, 5) is 11.8. The number of nitrogens with zero attached hydrogens (tertiary/aromatic N) is 1. The smallest absolute Gasteiger partial charge is 0.251 e. The normalized spacial score (nSPS) is 12.0. The average molecular weight is 348 g/mol. The predicted octanol–water partition coefficient (Wildman–Crippen LogP) is 2.00. The fourth-order valence-electron chi connectivity index (χ4n) is 1.88. The van der Waals surface area contributed by atoms with Crippen LogP contribution in [0.1, 0.15) is 30.6 Å². The first-order chi connectivity index (χ1) is 10.6. The zero-order valence-electron chi connectivity index (χ0n) is 13.5. The second kappa shape index (κ2) is 8.35. The Morgan fingerprint density at radius 3 is 2.39 bits per heavy atom. The molecular formula is C15H22F2N2O3S. The number of sulfonamides is 1. The van der Waals surface area contributed by atoms with Crippen molar-refractivity contribution in [2.24, 2.45) is 5.92 Å². The first-order valence-electron chi connectivity index (χ1n) is 7.29. The third-order valence-electron chi connectivity index (χ3n) is 3.25. The summed E-state index contributed by atoms with van der Waals surface area (Å²) < 4.78 is 50.6. The molecule has 0 saturated heterocycles. The van der Waals surface area contributed by atoms with Gasteiger partial charge < -0.3 is 5.32 Å². The molecule has 0 bridgehead atoms. The molecule has 0 spiro atoms. The highest BCUT2D eigenvalue weighted by Crippen LogP contribution is 2.09.